The predicted octanol–water partition coefficient (Wildman–Crippen LogP) is 6.15. The number of piperidine rings is 1. The molecule has 0 spiro atoms. The molecule has 1 fully saturated rings. The lowest BCUT2D eigenvalue weighted by Gasteiger charge is -2.40. The Bertz CT molecular complexity index is 916. The first-order valence-corrected chi connectivity index (χ1v) is 12.3. The third kappa shape index (κ3) is 7.16. The minimum absolute atomic E-state index is 0.189. The molecule has 7 heteroatoms. The Kier molecular flexibility index (Phi) is 8.30. The molecule has 3 rings (SSSR count). The molecule has 2 aromatic rings. The molecule has 0 N–H and O–H groups in total. The van der Waals surface area contributed by atoms with Crippen LogP contribution in [0.5, 0.6) is 11.5 Å². The number of benzene rings is 2. The number of ether oxygens (including phenoxy) is 3. The van der Waals surface area contributed by atoms with Crippen molar-refractivity contribution in [3.8, 4) is 11.5 Å². The standard InChI is InChI=1S/C26H33NO5S/c1-5-30-23(28)26(15-17-27(18-16-26)24(29)32-25(2,3)4)19-33-22-13-11-21(12-14-22)31-20-9-7-6-8-10-20/h6-14H,5,15-19H2,1-4H3. The van der Waals surface area contributed by atoms with E-state index >= 15 is 0 Å². The number of thioether (sulfide) groups is 1. The van der Waals surface area contributed by atoms with Gasteiger partial charge in [0, 0.05) is 23.7 Å². The Hall–Kier alpha value is -2.67. The van der Waals surface area contributed by atoms with Gasteiger partial charge in [0.2, 0.25) is 0 Å². The fourth-order valence-electron chi connectivity index (χ4n) is 3.59. The highest BCUT2D eigenvalue weighted by Crippen LogP contribution is 2.39. The first-order chi connectivity index (χ1) is 15.7. The third-order valence-corrected chi connectivity index (χ3v) is 6.70. The second-order valence-corrected chi connectivity index (χ2v) is 10.2. The molecule has 0 aromatic heterocycles. The zero-order valence-corrected chi connectivity index (χ0v) is 20.7. The lowest BCUT2D eigenvalue weighted by Crippen LogP contribution is -2.49. The molecule has 0 atom stereocenters. The summed E-state index contributed by atoms with van der Waals surface area (Å²) in [4.78, 5) is 28.1. The summed E-state index contributed by atoms with van der Waals surface area (Å²) in [6.45, 7) is 8.66. The molecular formula is C26H33NO5S. The zero-order valence-electron chi connectivity index (χ0n) is 19.8. The normalized spacial score (nSPS) is 15.6. The van der Waals surface area contributed by atoms with E-state index in [1.807, 2.05) is 82.3 Å². The first kappa shape index (κ1) is 25.0. The van der Waals surface area contributed by atoms with E-state index in [0.29, 0.717) is 38.3 Å². The maximum Gasteiger partial charge on any atom is 0.410 e. The minimum Gasteiger partial charge on any atom is -0.466 e. The molecule has 0 unspecified atom stereocenters. The molecule has 6 nitrogen and oxygen atoms in total. The maximum atomic E-state index is 12.9. The largest absolute Gasteiger partial charge is 0.466 e. The lowest BCUT2D eigenvalue weighted by atomic mass is 9.80. The summed E-state index contributed by atoms with van der Waals surface area (Å²) in [7, 11) is 0. The fourth-order valence-corrected chi connectivity index (χ4v) is 4.76. The van der Waals surface area contributed by atoms with Gasteiger partial charge in [0.25, 0.3) is 0 Å². The number of para-hydroxylation sites is 1. The number of nitrogens with zero attached hydrogens (tertiary/aromatic N) is 1. The summed E-state index contributed by atoms with van der Waals surface area (Å²) in [6.07, 6.45) is 0.766. The van der Waals surface area contributed by atoms with E-state index in [1.54, 1.807) is 16.7 Å². The molecule has 1 heterocycles. The lowest BCUT2D eigenvalue weighted by molar-refractivity contribution is -0.156. The molecule has 0 saturated carbocycles. The van der Waals surface area contributed by atoms with Crippen LogP contribution in [0.2, 0.25) is 0 Å². The van der Waals surface area contributed by atoms with Crippen LogP contribution in [0.4, 0.5) is 4.79 Å². The summed E-state index contributed by atoms with van der Waals surface area (Å²) in [5, 5.41) is 0. The predicted molar refractivity (Wildman–Crippen MR) is 130 cm³/mol. The van der Waals surface area contributed by atoms with Gasteiger partial charge in [-0.1, -0.05) is 18.2 Å². The van der Waals surface area contributed by atoms with Crippen LogP contribution < -0.4 is 4.74 Å². The van der Waals surface area contributed by atoms with E-state index in [-0.39, 0.29) is 12.1 Å². The number of carbonyl (C=O) groups excluding carboxylic acids is 2. The molecule has 0 radical (unpaired) electrons. The van der Waals surface area contributed by atoms with Crippen LogP contribution in [0.1, 0.15) is 40.5 Å². The quantitative estimate of drug-likeness (QED) is 0.356. The van der Waals surface area contributed by atoms with E-state index < -0.39 is 11.0 Å². The summed E-state index contributed by atoms with van der Waals surface area (Å²) in [5.41, 5.74) is -1.17. The van der Waals surface area contributed by atoms with E-state index in [4.69, 9.17) is 14.2 Å². The van der Waals surface area contributed by atoms with E-state index in [9.17, 15) is 9.59 Å². The Labute approximate surface area is 200 Å². The highest BCUT2D eigenvalue weighted by Gasteiger charge is 2.44. The van der Waals surface area contributed by atoms with Gasteiger partial charge < -0.3 is 19.1 Å². The van der Waals surface area contributed by atoms with Gasteiger partial charge in [-0.25, -0.2) is 4.79 Å². The molecule has 0 aliphatic carbocycles. The molecular weight excluding hydrogens is 438 g/mol. The van der Waals surface area contributed by atoms with Crippen LogP contribution in [-0.2, 0) is 14.3 Å². The summed E-state index contributed by atoms with van der Waals surface area (Å²) < 4.78 is 16.8. The Morgan fingerprint density at radius 2 is 1.58 bits per heavy atom. The Balaban J connectivity index is 1.61. The van der Waals surface area contributed by atoms with E-state index in [1.165, 1.54) is 0 Å². The number of carbonyl (C=O) groups is 2. The van der Waals surface area contributed by atoms with Gasteiger partial charge in [-0.15, -0.1) is 11.8 Å². The number of esters is 1. The van der Waals surface area contributed by atoms with Crippen molar-refractivity contribution in [1.29, 1.82) is 0 Å². The number of likely N-dealkylation sites (tertiary alicyclic amines) is 1. The van der Waals surface area contributed by atoms with Gasteiger partial charge in [0.15, 0.2) is 0 Å². The molecule has 1 aliphatic rings. The number of amides is 1. The molecule has 1 saturated heterocycles. The number of rotatable bonds is 7. The minimum atomic E-state index is -0.627. The van der Waals surface area contributed by atoms with Gasteiger partial charge in [-0.05, 0) is 76.9 Å². The summed E-state index contributed by atoms with van der Waals surface area (Å²) >= 11 is 1.62. The number of hydrogen-bond donors (Lipinski definition) is 0. The second-order valence-electron chi connectivity index (χ2n) is 9.14. The first-order valence-electron chi connectivity index (χ1n) is 11.3. The highest BCUT2D eigenvalue weighted by molar-refractivity contribution is 7.99. The van der Waals surface area contributed by atoms with E-state index in [0.717, 1.165) is 16.4 Å². The average molecular weight is 472 g/mol. The third-order valence-electron chi connectivity index (χ3n) is 5.40. The number of hydrogen-bond acceptors (Lipinski definition) is 6. The second kappa shape index (κ2) is 11.0. The van der Waals surface area contributed by atoms with Crippen molar-refractivity contribution in [2.45, 2.75) is 51.0 Å². The maximum absolute atomic E-state index is 12.9. The van der Waals surface area contributed by atoms with Crippen LogP contribution >= 0.6 is 11.8 Å². The smallest absolute Gasteiger partial charge is 0.410 e. The molecule has 178 valence electrons. The van der Waals surface area contributed by atoms with Gasteiger partial charge in [-0.2, -0.15) is 0 Å². The van der Waals surface area contributed by atoms with Crippen molar-refractivity contribution in [1.82, 2.24) is 4.90 Å². The van der Waals surface area contributed by atoms with Crippen LogP contribution in [0, 0.1) is 5.41 Å². The van der Waals surface area contributed by atoms with Crippen molar-refractivity contribution >= 4 is 23.8 Å². The van der Waals surface area contributed by atoms with Gasteiger partial charge >= 0.3 is 12.1 Å². The molecule has 0 bridgehead atoms. The SMILES string of the molecule is CCOC(=O)C1(CSc2ccc(Oc3ccccc3)cc2)CCN(C(=O)OC(C)(C)C)CC1. The van der Waals surface area contributed by atoms with Crippen molar-refractivity contribution < 1.29 is 23.8 Å². The van der Waals surface area contributed by atoms with Crippen molar-refractivity contribution in [3.05, 3.63) is 54.6 Å². The van der Waals surface area contributed by atoms with Crippen LogP contribution in [0.25, 0.3) is 0 Å². The highest BCUT2D eigenvalue weighted by atomic mass is 32.2. The topological polar surface area (TPSA) is 65.1 Å². The molecule has 2 aromatic carbocycles. The molecule has 1 aliphatic heterocycles. The summed E-state index contributed by atoms with van der Waals surface area (Å²) in [6, 6.07) is 17.5. The van der Waals surface area contributed by atoms with Crippen molar-refractivity contribution in [3.63, 3.8) is 0 Å². The van der Waals surface area contributed by atoms with Crippen LogP contribution in [0.15, 0.2) is 59.5 Å². The van der Waals surface area contributed by atoms with E-state index in [2.05, 4.69) is 0 Å². The van der Waals surface area contributed by atoms with Gasteiger partial charge in [0.05, 0.1) is 12.0 Å². The van der Waals surface area contributed by atoms with Gasteiger partial charge in [-0.3, -0.25) is 4.79 Å². The van der Waals surface area contributed by atoms with Gasteiger partial charge in [0.1, 0.15) is 17.1 Å². The molecule has 33 heavy (non-hydrogen) atoms. The van der Waals surface area contributed by atoms with Crippen LogP contribution in [0.3, 0.4) is 0 Å². The monoisotopic (exact) mass is 471 g/mol. The summed E-state index contributed by atoms with van der Waals surface area (Å²) in [5.74, 6) is 1.95. The zero-order chi connectivity index (χ0) is 23.9. The van der Waals surface area contributed by atoms with Crippen LogP contribution in [-0.4, -0.2) is 48.0 Å². The fraction of sp³-hybridized carbons (Fsp3) is 0.462. The van der Waals surface area contributed by atoms with Crippen molar-refractivity contribution in [2.24, 2.45) is 5.41 Å². The van der Waals surface area contributed by atoms with Crippen molar-refractivity contribution in [2.75, 3.05) is 25.4 Å². The molecule has 1 amide bonds. The Morgan fingerprint density at radius 3 is 2.15 bits per heavy atom. The Morgan fingerprint density at radius 1 is 0.970 bits per heavy atom. The average Bonchev–Trinajstić information content (AvgIpc) is 2.79.